The molecule has 2 N–H and O–H groups in total. The van der Waals surface area contributed by atoms with Crippen LogP contribution in [0.4, 0.5) is 5.69 Å². The Kier molecular flexibility index (Phi) is 4.35. The zero-order chi connectivity index (χ0) is 17.8. The fraction of sp³-hybridized carbons (Fsp3) is 0.0476. The van der Waals surface area contributed by atoms with Gasteiger partial charge in [-0.2, -0.15) is 0 Å². The lowest BCUT2D eigenvalue weighted by Crippen LogP contribution is -2.20. The van der Waals surface area contributed by atoms with Gasteiger partial charge in [0.15, 0.2) is 6.61 Å². The number of nitrogens with one attached hydrogen (secondary N) is 2. The summed E-state index contributed by atoms with van der Waals surface area (Å²) in [5, 5.41) is 2.79. The molecule has 0 aliphatic carbocycles. The van der Waals surface area contributed by atoms with Gasteiger partial charge in [-0.15, -0.1) is 0 Å². The van der Waals surface area contributed by atoms with Crippen LogP contribution in [0.1, 0.15) is 0 Å². The largest absolute Gasteiger partial charge is 0.484 e. The van der Waals surface area contributed by atoms with Crippen molar-refractivity contribution in [1.29, 1.82) is 0 Å². The molecule has 26 heavy (non-hydrogen) atoms. The predicted octanol–water partition coefficient (Wildman–Crippen LogP) is 4.25. The second-order valence-electron chi connectivity index (χ2n) is 5.83. The van der Waals surface area contributed by atoms with Crippen LogP contribution in [0.15, 0.2) is 78.9 Å². The quantitative estimate of drug-likeness (QED) is 0.569. The summed E-state index contributed by atoms with van der Waals surface area (Å²) in [6.45, 7) is -0.0428. The smallest absolute Gasteiger partial charge is 0.262 e. The van der Waals surface area contributed by atoms with Crippen molar-refractivity contribution in [1.82, 2.24) is 9.97 Å². The highest BCUT2D eigenvalue weighted by Gasteiger charge is 2.06. The summed E-state index contributed by atoms with van der Waals surface area (Å²) < 4.78 is 5.55. The van der Waals surface area contributed by atoms with Gasteiger partial charge in [-0.05, 0) is 48.5 Å². The molecule has 3 aromatic carbocycles. The number of carbonyl (C=O) groups is 1. The van der Waals surface area contributed by atoms with E-state index in [1.807, 2.05) is 78.9 Å². The number of amides is 1. The monoisotopic (exact) mass is 343 g/mol. The molecule has 0 saturated carbocycles. The molecule has 5 nitrogen and oxygen atoms in total. The van der Waals surface area contributed by atoms with Gasteiger partial charge in [0, 0.05) is 11.3 Å². The van der Waals surface area contributed by atoms with Gasteiger partial charge < -0.3 is 15.0 Å². The molecule has 0 spiro atoms. The maximum absolute atomic E-state index is 11.9. The lowest BCUT2D eigenvalue weighted by molar-refractivity contribution is -0.118. The summed E-state index contributed by atoms with van der Waals surface area (Å²) in [4.78, 5) is 19.8. The molecule has 128 valence electrons. The maximum atomic E-state index is 11.9. The second-order valence-corrected chi connectivity index (χ2v) is 5.83. The summed E-state index contributed by atoms with van der Waals surface area (Å²) in [5.41, 5.74) is 3.64. The van der Waals surface area contributed by atoms with Gasteiger partial charge in [-0.3, -0.25) is 4.79 Å². The highest BCUT2D eigenvalue weighted by molar-refractivity contribution is 5.91. The van der Waals surface area contributed by atoms with E-state index in [1.165, 1.54) is 0 Å². The van der Waals surface area contributed by atoms with Crippen LogP contribution >= 0.6 is 0 Å². The molecule has 0 saturated heterocycles. The van der Waals surface area contributed by atoms with Crippen molar-refractivity contribution in [3.05, 3.63) is 78.9 Å². The molecule has 0 bridgehead atoms. The van der Waals surface area contributed by atoms with Crippen LogP contribution in [0, 0.1) is 0 Å². The Labute approximate surface area is 150 Å². The van der Waals surface area contributed by atoms with Gasteiger partial charge in [0.2, 0.25) is 0 Å². The Morgan fingerprint density at radius 3 is 2.42 bits per heavy atom. The normalized spacial score (nSPS) is 10.6. The lowest BCUT2D eigenvalue weighted by Gasteiger charge is -2.07. The highest BCUT2D eigenvalue weighted by Crippen LogP contribution is 2.22. The minimum Gasteiger partial charge on any atom is -0.484 e. The van der Waals surface area contributed by atoms with Gasteiger partial charge in [0.05, 0.1) is 11.0 Å². The maximum Gasteiger partial charge on any atom is 0.262 e. The molecule has 0 aliphatic rings. The van der Waals surface area contributed by atoms with E-state index in [0.717, 1.165) is 28.1 Å². The first-order valence-corrected chi connectivity index (χ1v) is 8.31. The third kappa shape index (κ3) is 3.57. The first-order valence-electron chi connectivity index (χ1n) is 8.31. The number of nitrogens with zero attached hydrogens (tertiary/aromatic N) is 1. The van der Waals surface area contributed by atoms with Crippen LogP contribution in [0.25, 0.3) is 22.4 Å². The number of para-hydroxylation sites is 3. The molecule has 0 radical (unpaired) electrons. The second kappa shape index (κ2) is 7.11. The van der Waals surface area contributed by atoms with Gasteiger partial charge in [-0.25, -0.2) is 4.98 Å². The number of benzene rings is 3. The molecular formula is C21H17N3O2. The van der Waals surface area contributed by atoms with E-state index >= 15 is 0 Å². The van der Waals surface area contributed by atoms with Crippen molar-refractivity contribution in [3.8, 4) is 17.1 Å². The Balaban J connectivity index is 1.39. The van der Waals surface area contributed by atoms with Gasteiger partial charge in [-0.1, -0.05) is 30.3 Å². The fourth-order valence-electron chi connectivity index (χ4n) is 2.67. The van der Waals surface area contributed by atoms with E-state index in [-0.39, 0.29) is 12.5 Å². The van der Waals surface area contributed by atoms with E-state index in [9.17, 15) is 4.79 Å². The number of fused-ring (bicyclic) bond motifs is 1. The van der Waals surface area contributed by atoms with E-state index in [0.29, 0.717) is 5.75 Å². The summed E-state index contributed by atoms with van der Waals surface area (Å²) in [5.74, 6) is 1.24. The SMILES string of the molecule is O=C(COc1ccc(-c2nc3ccccc3[nH]2)cc1)Nc1ccccc1. The molecule has 5 heteroatoms. The van der Waals surface area contributed by atoms with Crippen LogP contribution in [0.3, 0.4) is 0 Å². The van der Waals surface area contributed by atoms with Crippen molar-refractivity contribution >= 4 is 22.6 Å². The molecular weight excluding hydrogens is 326 g/mol. The summed E-state index contributed by atoms with van der Waals surface area (Å²) >= 11 is 0. The number of H-pyrrole nitrogens is 1. The molecule has 1 amide bonds. The van der Waals surface area contributed by atoms with Crippen molar-refractivity contribution in [2.75, 3.05) is 11.9 Å². The van der Waals surface area contributed by atoms with Crippen LogP contribution in [0.2, 0.25) is 0 Å². The molecule has 4 aromatic rings. The van der Waals surface area contributed by atoms with Crippen molar-refractivity contribution in [2.45, 2.75) is 0 Å². The van der Waals surface area contributed by atoms with Crippen LogP contribution in [0.5, 0.6) is 5.75 Å². The zero-order valence-electron chi connectivity index (χ0n) is 14.0. The molecule has 0 aliphatic heterocycles. The number of hydrogen-bond donors (Lipinski definition) is 2. The van der Waals surface area contributed by atoms with Crippen molar-refractivity contribution in [2.24, 2.45) is 0 Å². The fourth-order valence-corrected chi connectivity index (χ4v) is 2.67. The van der Waals surface area contributed by atoms with Gasteiger partial charge >= 0.3 is 0 Å². The van der Waals surface area contributed by atoms with E-state index in [1.54, 1.807) is 0 Å². The molecule has 0 fully saturated rings. The number of imidazole rings is 1. The summed E-state index contributed by atoms with van der Waals surface area (Å²) in [7, 11) is 0. The Hall–Kier alpha value is -3.60. The number of aromatic amines is 1. The predicted molar refractivity (Wildman–Crippen MR) is 102 cm³/mol. The number of aromatic nitrogens is 2. The standard InChI is InChI=1S/C21H17N3O2/c25-20(22-16-6-2-1-3-7-16)14-26-17-12-10-15(11-13-17)21-23-18-8-4-5-9-19(18)24-21/h1-13H,14H2,(H,22,25)(H,23,24). The number of ether oxygens (including phenoxy) is 1. The van der Waals surface area contributed by atoms with E-state index < -0.39 is 0 Å². The average molecular weight is 343 g/mol. The topological polar surface area (TPSA) is 67.0 Å². The molecule has 0 unspecified atom stereocenters. The highest BCUT2D eigenvalue weighted by atomic mass is 16.5. The van der Waals surface area contributed by atoms with Crippen molar-refractivity contribution in [3.63, 3.8) is 0 Å². The van der Waals surface area contributed by atoms with Crippen LogP contribution < -0.4 is 10.1 Å². The third-order valence-corrected chi connectivity index (χ3v) is 3.94. The third-order valence-electron chi connectivity index (χ3n) is 3.94. The summed E-state index contributed by atoms with van der Waals surface area (Å²) in [6, 6.07) is 24.7. The number of anilines is 1. The molecule has 1 aromatic heterocycles. The Morgan fingerprint density at radius 2 is 1.65 bits per heavy atom. The number of rotatable bonds is 5. The minimum atomic E-state index is -0.197. The zero-order valence-corrected chi connectivity index (χ0v) is 14.0. The number of carbonyl (C=O) groups excluding carboxylic acids is 1. The number of hydrogen-bond acceptors (Lipinski definition) is 3. The van der Waals surface area contributed by atoms with E-state index in [2.05, 4.69) is 15.3 Å². The average Bonchev–Trinajstić information content (AvgIpc) is 3.12. The van der Waals surface area contributed by atoms with E-state index in [4.69, 9.17) is 4.74 Å². The van der Waals surface area contributed by atoms with Crippen LogP contribution in [-0.2, 0) is 4.79 Å². The first-order chi connectivity index (χ1) is 12.8. The van der Waals surface area contributed by atoms with Crippen molar-refractivity contribution < 1.29 is 9.53 Å². The molecule has 1 heterocycles. The molecule has 0 atom stereocenters. The lowest BCUT2D eigenvalue weighted by atomic mass is 10.2. The Bertz CT molecular complexity index is 991. The Morgan fingerprint density at radius 1 is 0.923 bits per heavy atom. The van der Waals surface area contributed by atoms with Gasteiger partial charge in [0.1, 0.15) is 11.6 Å². The van der Waals surface area contributed by atoms with Gasteiger partial charge in [0.25, 0.3) is 5.91 Å². The minimum absolute atomic E-state index is 0.0428. The van der Waals surface area contributed by atoms with Crippen LogP contribution in [-0.4, -0.2) is 22.5 Å². The first kappa shape index (κ1) is 15.9. The summed E-state index contributed by atoms with van der Waals surface area (Å²) in [6.07, 6.45) is 0. The molecule has 4 rings (SSSR count).